The first-order valence-electron chi connectivity index (χ1n) is 6.22. The lowest BCUT2D eigenvalue weighted by molar-refractivity contribution is -0.114. The molecule has 0 heterocycles. The van der Waals surface area contributed by atoms with Crippen LogP contribution in [0, 0.1) is 0 Å². The van der Waals surface area contributed by atoms with E-state index in [0.717, 1.165) is 17.3 Å². The SMILES string of the molecule is CCCOC(OCCC)C(=O)c1ccc(Br)cc1. The maximum absolute atomic E-state index is 12.2. The molecule has 4 heteroatoms. The summed E-state index contributed by atoms with van der Waals surface area (Å²) in [4.78, 5) is 12.2. The summed E-state index contributed by atoms with van der Waals surface area (Å²) in [6.07, 6.45) is 0.935. The summed E-state index contributed by atoms with van der Waals surface area (Å²) in [5.41, 5.74) is 0.607. The molecule has 0 saturated carbocycles. The van der Waals surface area contributed by atoms with Gasteiger partial charge in [0.2, 0.25) is 12.1 Å². The fourth-order valence-corrected chi connectivity index (χ4v) is 1.66. The third-order valence-corrected chi connectivity index (χ3v) is 2.82. The Balaban J connectivity index is 2.70. The van der Waals surface area contributed by atoms with Gasteiger partial charge in [-0.2, -0.15) is 0 Å². The van der Waals surface area contributed by atoms with Gasteiger partial charge in [-0.1, -0.05) is 41.9 Å². The van der Waals surface area contributed by atoms with E-state index in [9.17, 15) is 4.79 Å². The molecule has 0 spiro atoms. The van der Waals surface area contributed by atoms with E-state index in [1.807, 2.05) is 26.0 Å². The Labute approximate surface area is 117 Å². The number of ketones is 1. The van der Waals surface area contributed by atoms with Gasteiger partial charge in [0.1, 0.15) is 0 Å². The molecule has 0 saturated heterocycles. The van der Waals surface area contributed by atoms with Gasteiger partial charge in [0, 0.05) is 23.2 Å². The van der Waals surface area contributed by atoms with Gasteiger partial charge >= 0.3 is 0 Å². The minimum Gasteiger partial charge on any atom is -0.346 e. The highest BCUT2D eigenvalue weighted by molar-refractivity contribution is 9.10. The van der Waals surface area contributed by atoms with Gasteiger partial charge in [-0.3, -0.25) is 4.79 Å². The van der Waals surface area contributed by atoms with Crippen LogP contribution >= 0.6 is 15.9 Å². The van der Waals surface area contributed by atoms with Crippen molar-refractivity contribution < 1.29 is 14.3 Å². The van der Waals surface area contributed by atoms with Crippen LogP contribution in [0.25, 0.3) is 0 Å². The van der Waals surface area contributed by atoms with Crippen LogP contribution in [0.1, 0.15) is 37.0 Å². The standard InChI is InChI=1S/C14H19BrO3/c1-3-9-17-14(18-10-4-2)13(16)11-5-7-12(15)8-6-11/h5-8,14H,3-4,9-10H2,1-2H3. The van der Waals surface area contributed by atoms with Crippen LogP contribution < -0.4 is 0 Å². The molecule has 1 rings (SSSR count). The van der Waals surface area contributed by atoms with Crippen molar-refractivity contribution in [3.05, 3.63) is 34.3 Å². The van der Waals surface area contributed by atoms with Gasteiger partial charge in [-0.15, -0.1) is 0 Å². The summed E-state index contributed by atoms with van der Waals surface area (Å²) in [6, 6.07) is 7.21. The second kappa shape index (κ2) is 8.40. The van der Waals surface area contributed by atoms with Crippen LogP contribution in [0.15, 0.2) is 28.7 Å². The van der Waals surface area contributed by atoms with Gasteiger partial charge in [-0.05, 0) is 25.0 Å². The van der Waals surface area contributed by atoms with E-state index in [2.05, 4.69) is 15.9 Å². The van der Waals surface area contributed by atoms with Crippen molar-refractivity contribution in [2.45, 2.75) is 33.0 Å². The maximum Gasteiger partial charge on any atom is 0.222 e. The molecule has 1 aromatic rings. The molecule has 0 aromatic heterocycles. The fraction of sp³-hybridized carbons (Fsp3) is 0.500. The first-order chi connectivity index (χ1) is 8.69. The van der Waals surface area contributed by atoms with Crippen LogP contribution in [0.5, 0.6) is 0 Å². The molecule has 0 aliphatic carbocycles. The summed E-state index contributed by atoms with van der Waals surface area (Å²) < 4.78 is 11.9. The molecule has 0 amide bonds. The van der Waals surface area contributed by atoms with Crippen LogP contribution in [0.4, 0.5) is 0 Å². The number of benzene rings is 1. The van der Waals surface area contributed by atoms with Gasteiger partial charge in [0.05, 0.1) is 0 Å². The zero-order valence-corrected chi connectivity index (χ0v) is 12.4. The van der Waals surface area contributed by atoms with Crippen LogP contribution in [0.2, 0.25) is 0 Å². The molecule has 0 aliphatic rings. The Morgan fingerprint density at radius 2 is 1.61 bits per heavy atom. The zero-order valence-electron chi connectivity index (χ0n) is 10.8. The molecule has 0 bridgehead atoms. The highest BCUT2D eigenvalue weighted by Crippen LogP contribution is 2.14. The predicted octanol–water partition coefficient (Wildman–Crippen LogP) is 3.81. The average molecular weight is 315 g/mol. The van der Waals surface area contributed by atoms with Gasteiger partial charge < -0.3 is 9.47 Å². The molecule has 100 valence electrons. The lowest BCUT2D eigenvalue weighted by Gasteiger charge is -2.16. The molecule has 0 radical (unpaired) electrons. The van der Waals surface area contributed by atoms with Crippen molar-refractivity contribution in [1.29, 1.82) is 0 Å². The van der Waals surface area contributed by atoms with Crippen molar-refractivity contribution >= 4 is 21.7 Å². The molecule has 0 N–H and O–H groups in total. The van der Waals surface area contributed by atoms with Crippen molar-refractivity contribution in [2.75, 3.05) is 13.2 Å². The molecule has 0 fully saturated rings. The number of rotatable bonds is 8. The van der Waals surface area contributed by atoms with Crippen LogP contribution in [-0.4, -0.2) is 25.3 Å². The Morgan fingerprint density at radius 1 is 1.11 bits per heavy atom. The second-order valence-electron chi connectivity index (χ2n) is 3.94. The summed E-state index contributed by atoms with van der Waals surface area (Å²) in [6.45, 7) is 5.05. The van der Waals surface area contributed by atoms with Crippen molar-refractivity contribution in [1.82, 2.24) is 0 Å². The first kappa shape index (κ1) is 15.3. The van der Waals surface area contributed by atoms with E-state index in [1.54, 1.807) is 12.1 Å². The largest absolute Gasteiger partial charge is 0.346 e. The van der Waals surface area contributed by atoms with Crippen molar-refractivity contribution in [3.63, 3.8) is 0 Å². The predicted molar refractivity (Wildman–Crippen MR) is 74.7 cm³/mol. The Bertz CT molecular complexity index is 354. The minimum atomic E-state index is -0.786. The van der Waals surface area contributed by atoms with E-state index in [1.165, 1.54) is 0 Å². The van der Waals surface area contributed by atoms with Crippen LogP contribution in [0.3, 0.4) is 0 Å². The van der Waals surface area contributed by atoms with Crippen LogP contribution in [-0.2, 0) is 9.47 Å². The van der Waals surface area contributed by atoms with Gasteiger partial charge in [0.25, 0.3) is 0 Å². The minimum absolute atomic E-state index is 0.121. The van der Waals surface area contributed by atoms with E-state index >= 15 is 0 Å². The number of ether oxygens (including phenoxy) is 2. The molecular weight excluding hydrogens is 296 g/mol. The zero-order chi connectivity index (χ0) is 13.4. The molecule has 0 atom stereocenters. The van der Waals surface area contributed by atoms with Crippen molar-refractivity contribution in [2.24, 2.45) is 0 Å². The maximum atomic E-state index is 12.2. The fourth-order valence-electron chi connectivity index (χ4n) is 1.40. The Kier molecular flexibility index (Phi) is 7.16. The van der Waals surface area contributed by atoms with E-state index in [0.29, 0.717) is 18.8 Å². The molecular formula is C14H19BrO3. The lowest BCUT2D eigenvalue weighted by atomic mass is 10.1. The quantitative estimate of drug-likeness (QED) is 0.540. The summed E-state index contributed by atoms with van der Waals surface area (Å²) in [5, 5.41) is 0. The van der Waals surface area contributed by atoms with Crippen molar-refractivity contribution in [3.8, 4) is 0 Å². The summed E-state index contributed by atoms with van der Waals surface area (Å²) >= 11 is 3.34. The second-order valence-corrected chi connectivity index (χ2v) is 4.86. The van der Waals surface area contributed by atoms with Gasteiger partial charge in [0.15, 0.2) is 0 Å². The number of hydrogen-bond acceptors (Lipinski definition) is 3. The highest BCUT2D eigenvalue weighted by Gasteiger charge is 2.20. The average Bonchev–Trinajstić information content (AvgIpc) is 2.39. The Morgan fingerprint density at radius 3 is 2.06 bits per heavy atom. The Hall–Kier alpha value is -0.710. The molecule has 0 aliphatic heterocycles. The van der Waals surface area contributed by atoms with E-state index < -0.39 is 6.29 Å². The first-order valence-corrected chi connectivity index (χ1v) is 7.01. The summed E-state index contributed by atoms with van der Waals surface area (Å²) in [5.74, 6) is -0.121. The molecule has 3 nitrogen and oxygen atoms in total. The lowest BCUT2D eigenvalue weighted by Crippen LogP contribution is -2.28. The van der Waals surface area contributed by atoms with Gasteiger partial charge in [-0.25, -0.2) is 0 Å². The van der Waals surface area contributed by atoms with E-state index in [4.69, 9.17) is 9.47 Å². The monoisotopic (exact) mass is 314 g/mol. The smallest absolute Gasteiger partial charge is 0.222 e. The third kappa shape index (κ3) is 4.88. The number of Topliss-reactive ketones (excluding diaryl/α,β-unsaturated/α-hetero) is 1. The topological polar surface area (TPSA) is 35.5 Å². The molecule has 0 unspecified atom stereocenters. The highest BCUT2D eigenvalue weighted by atomic mass is 79.9. The molecule has 18 heavy (non-hydrogen) atoms. The normalized spacial score (nSPS) is 10.9. The van der Waals surface area contributed by atoms with E-state index in [-0.39, 0.29) is 5.78 Å². The number of hydrogen-bond donors (Lipinski definition) is 0. The number of carbonyl (C=O) groups is 1. The third-order valence-electron chi connectivity index (χ3n) is 2.29. The molecule has 1 aromatic carbocycles. The summed E-state index contributed by atoms with van der Waals surface area (Å²) in [7, 11) is 0. The number of halogens is 1. The number of carbonyl (C=O) groups excluding carboxylic acids is 1.